The molecule has 1 aromatic rings. The number of benzene rings is 1. The lowest BCUT2D eigenvalue weighted by molar-refractivity contribution is -0.123. The van der Waals surface area contributed by atoms with E-state index >= 15 is 0 Å². The van der Waals surface area contributed by atoms with Gasteiger partial charge in [-0.2, -0.15) is 0 Å². The van der Waals surface area contributed by atoms with Crippen LogP contribution < -0.4 is 10.1 Å². The molecule has 0 radical (unpaired) electrons. The predicted molar refractivity (Wildman–Crippen MR) is 99.7 cm³/mol. The van der Waals surface area contributed by atoms with Crippen molar-refractivity contribution in [3.05, 3.63) is 29.8 Å². The van der Waals surface area contributed by atoms with Gasteiger partial charge in [0, 0.05) is 32.3 Å². The SMILES string of the molecule is COCCC1(NC(=O)Cc2cccc(OC)c2)CCN(S(C)(=O)=O)CC1. The molecule has 1 heterocycles. The highest BCUT2D eigenvalue weighted by Crippen LogP contribution is 2.27. The van der Waals surface area contributed by atoms with Crippen molar-refractivity contribution in [3.63, 3.8) is 0 Å². The first kappa shape index (κ1) is 20.7. The van der Waals surface area contributed by atoms with Crippen LogP contribution in [0.5, 0.6) is 5.75 Å². The van der Waals surface area contributed by atoms with Crippen molar-refractivity contribution in [1.82, 2.24) is 9.62 Å². The van der Waals surface area contributed by atoms with Gasteiger partial charge in [-0.25, -0.2) is 12.7 Å². The molecular weight excluding hydrogens is 356 g/mol. The average Bonchev–Trinajstić information content (AvgIpc) is 2.59. The molecule has 1 fully saturated rings. The lowest BCUT2D eigenvalue weighted by Gasteiger charge is -2.41. The fraction of sp³-hybridized carbons (Fsp3) is 0.611. The second-order valence-corrected chi connectivity index (χ2v) is 8.74. The van der Waals surface area contributed by atoms with Crippen molar-refractivity contribution in [2.75, 3.05) is 40.2 Å². The molecule has 0 unspecified atom stereocenters. The number of amides is 1. The zero-order valence-corrected chi connectivity index (χ0v) is 16.5. The number of nitrogens with one attached hydrogen (secondary N) is 1. The molecule has 1 amide bonds. The van der Waals surface area contributed by atoms with E-state index in [9.17, 15) is 13.2 Å². The minimum atomic E-state index is -3.21. The van der Waals surface area contributed by atoms with E-state index in [1.54, 1.807) is 14.2 Å². The highest BCUT2D eigenvalue weighted by Gasteiger charge is 2.37. The Labute approximate surface area is 155 Å². The van der Waals surface area contributed by atoms with E-state index < -0.39 is 15.6 Å². The molecule has 1 aliphatic rings. The smallest absolute Gasteiger partial charge is 0.224 e. The molecule has 0 spiro atoms. The van der Waals surface area contributed by atoms with Crippen LogP contribution in [0.1, 0.15) is 24.8 Å². The fourth-order valence-electron chi connectivity index (χ4n) is 3.29. The summed E-state index contributed by atoms with van der Waals surface area (Å²) in [5, 5.41) is 3.14. The number of sulfonamides is 1. The first-order chi connectivity index (χ1) is 12.3. The summed E-state index contributed by atoms with van der Waals surface area (Å²) >= 11 is 0. The van der Waals surface area contributed by atoms with E-state index in [4.69, 9.17) is 9.47 Å². The van der Waals surface area contributed by atoms with Gasteiger partial charge in [-0.1, -0.05) is 12.1 Å². The van der Waals surface area contributed by atoms with Crippen LogP contribution in [-0.4, -0.2) is 64.3 Å². The van der Waals surface area contributed by atoms with Gasteiger partial charge >= 0.3 is 0 Å². The van der Waals surface area contributed by atoms with Gasteiger partial charge in [0.2, 0.25) is 15.9 Å². The van der Waals surface area contributed by atoms with Crippen molar-refractivity contribution in [2.24, 2.45) is 0 Å². The molecule has 146 valence electrons. The number of methoxy groups -OCH3 is 2. The Hall–Kier alpha value is -1.64. The van der Waals surface area contributed by atoms with Crippen LogP contribution in [-0.2, 0) is 26.0 Å². The van der Waals surface area contributed by atoms with Gasteiger partial charge in [0.25, 0.3) is 0 Å². The molecule has 0 atom stereocenters. The van der Waals surface area contributed by atoms with E-state index in [1.165, 1.54) is 10.6 Å². The number of ether oxygens (including phenoxy) is 2. The summed E-state index contributed by atoms with van der Waals surface area (Å²) in [5.74, 6) is 0.632. The van der Waals surface area contributed by atoms with Crippen LogP contribution in [0.15, 0.2) is 24.3 Å². The Kier molecular flexibility index (Phi) is 7.02. The van der Waals surface area contributed by atoms with Crippen molar-refractivity contribution >= 4 is 15.9 Å². The first-order valence-electron chi connectivity index (χ1n) is 8.66. The van der Waals surface area contributed by atoms with Gasteiger partial charge < -0.3 is 14.8 Å². The van der Waals surface area contributed by atoms with Crippen LogP contribution >= 0.6 is 0 Å². The number of nitrogens with zero attached hydrogens (tertiary/aromatic N) is 1. The van der Waals surface area contributed by atoms with E-state index in [-0.39, 0.29) is 12.3 Å². The Morgan fingerprint density at radius 1 is 1.27 bits per heavy atom. The second-order valence-electron chi connectivity index (χ2n) is 6.76. The molecule has 0 bridgehead atoms. The second kappa shape index (κ2) is 8.83. The minimum Gasteiger partial charge on any atom is -0.497 e. The Morgan fingerprint density at radius 3 is 2.54 bits per heavy atom. The van der Waals surface area contributed by atoms with Gasteiger partial charge in [0.15, 0.2) is 0 Å². The van der Waals surface area contributed by atoms with Gasteiger partial charge in [0.05, 0.1) is 19.8 Å². The van der Waals surface area contributed by atoms with E-state index in [0.29, 0.717) is 44.7 Å². The maximum absolute atomic E-state index is 12.6. The Bertz CT molecular complexity index is 712. The summed E-state index contributed by atoms with van der Waals surface area (Å²) < 4.78 is 35.3. The quantitative estimate of drug-likeness (QED) is 0.728. The highest BCUT2D eigenvalue weighted by molar-refractivity contribution is 7.88. The molecule has 1 N–H and O–H groups in total. The molecule has 1 aliphatic heterocycles. The van der Waals surface area contributed by atoms with Crippen LogP contribution in [0.3, 0.4) is 0 Å². The summed E-state index contributed by atoms with van der Waals surface area (Å²) in [6.07, 6.45) is 3.28. The maximum Gasteiger partial charge on any atom is 0.224 e. The summed E-state index contributed by atoms with van der Waals surface area (Å²) in [6, 6.07) is 7.42. The zero-order valence-electron chi connectivity index (χ0n) is 15.7. The van der Waals surface area contributed by atoms with Gasteiger partial charge in [-0.15, -0.1) is 0 Å². The van der Waals surface area contributed by atoms with Crippen LogP contribution in [0.2, 0.25) is 0 Å². The Morgan fingerprint density at radius 2 is 1.96 bits per heavy atom. The monoisotopic (exact) mass is 384 g/mol. The van der Waals surface area contributed by atoms with Crippen molar-refractivity contribution < 1.29 is 22.7 Å². The van der Waals surface area contributed by atoms with Crippen LogP contribution in [0.25, 0.3) is 0 Å². The van der Waals surface area contributed by atoms with Crippen molar-refractivity contribution in [1.29, 1.82) is 0 Å². The lowest BCUT2D eigenvalue weighted by Crippen LogP contribution is -2.56. The van der Waals surface area contributed by atoms with Crippen molar-refractivity contribution in [3.8, 4) is 5.75 Å². The average molecular weight is 384 g/mol. The molecule has 0 aromatic heterocycles. The number of hydrogen-bond acceptors (Lipinski definition) is 5. The molecular formula is C18H28N2O5S. The third kappa shape index (κ3) is 5.69. The molecule has 1 aromatic carbocycles. The minimum absolute atomic E-state index is 0.0813. The van der Waals surface area contributed by atoms with Crippen LogP contribution in [0, 0.1) is 0 Å². The largest absolute Gasteiger partial charge is 0.497 e. The predicted octanol–water partition coefficient (Wildman–Crippen LogP) is 1.18. The highest BCUT2D eigenvalue weighted by atomic mass is 32.2. The van der Waals surface area contributed by atoms with E-state index in [0.717, 1.165) is 5.56 Å². The number of hydrogen-bond donors (Lipinski definition) is 1. The fourth-order valence-corrected chi connectivity index (χ4v) is 4.13. The van der Waals surface area contributed by atoms with Crippen LogP contribution in [0.4, 0.5) is 0 Å². The lowest BCUT2D eigenvalue weighted by atomic mass is 9.85. The molecule has 0 aliphatic carbocycles. The first-order valence-corrected chi connectivity index (χ1v) is 10.5. The molecule has 0 saturated carbocycles. The maximum atomic E-state index is 12.6. The normalized spacial score (nSPS) is 17.7. The van der Waals surface area contributed by atoms with Crippen molar-refractivity contribution in [2.45, 2.75) is 31.2 Å². The van der Waals surface area contributed by atoms with E-state index in [1.807, 2.05) is 24.3 Å². The summed E-state index contributed by atoms with van der Waals surface area (Å²) in [5.41, 5.74) is 0.435. The van der Waals surface area contributed by atoms with Gasteiger partial charge in [0.1, 0.15) is 5.75 Å². The Balaban J connectivity index is 2.04. The number of rotatable bonds is 8. The molecule has 26 heavy (non-hydrogen) atoms. The third-order valence-electron chi connectivity index (χ3n) is 4.84. The zero-order chi connectivity index (χ0) is 19.2. The topological polar surface area (TPSA) is 84.9 Å². The number of piperidine rings is 1. The van der Waals surface area contributed by atoms with Gasteiger partial charge in [-0.05, 0) is 37.0 Å². The van der Waals surface area contributed by atoms with Gasteiger partial charge in [-0.3, -0.25) is 4.79 Å². The van der Waals surface area contributed by atoms with E-state index in [2.05, 4.69) is 5.32 Å². The summed E-state index contributed by atoms with van der Waals surface area (Å²) in [6.45, 7) is 1.32. The molecule has 1 saturated heterocycles. The molecule has 2 rings (SSSR count). The molecule has 8 heteroatoms. The third-order valence-corrected chi connectivity index (χ3v) is 6.14. The summed E-state index contributed by atoms with van der Waals surface area (Å²) in [4.78, 5) is 12.6. The number of carbonyl (C=O) groups excluding carboxylic acids is 1. The standard InChI is InChI=1S/C18H28N2O5S/c1-24-12-9-18(7-10-20(11-8-18)26(3,22)23)19-17(21)14-15-5-4-6-16(13-15)25-2/h4-6,13H,7-12,14H2,1-3H3,(H,19,21). The molecule has 7 nitrogen and oxygen atoms in total. The number of carbonyl (C=O) groups is 1. The summed E-state index contributed by atoms with van der Waals surface area (Å²) in [7, 11) is 0.00838.